The summed E-state index contributed by atoms with van der Waals surface area (Å²) in [4.78, 5) is 45.9. The van der Waals surface area contributed by atoms with E-state index in [1.165, 1.54) is 0 Å². The number of aromatic amines is 1. The molecule has 13 heteroatoms. The Labute approximate surface area is 269 Å². The van der Waals surface area contributed by atoms with Crippen molar-refractivity contribution in [2.24, 2.45) is 11.3 Å². The van der Waals surface area contributed by atoms with Crippen molar-refractivity contribution in [1.82, 2.24) is 30.7 Å². The number of methoxy groups -OCH3 is 1. The van der Waals surface area contributed by atoms with E-state index in [4.69, 9.17) is 14.2 Å². The molecule has 5 rings (SSSR count). The van der Waals surface area contributed by atoms with Gasteiger partial charge >= 0.3 is 5.97 Å². The molecule has 3 heterocycles. The Morgan fingerprint density at radius 1 is 1.16 bits per heavy atom. The molecule has 45 heavy (non-hydrogen) atoms. The Balaban J connectivity index is 0.00000461. The number of carbonyl (C=O) groups is 3. The summed E-state index contributed by atoms with van der Waals surface area (Å²) in [6.07, 6.45) is 5.69. The summed E-state index contributed by atoms with van der Waals surface area (Å²) < 4.78 is 17.0. The van der Waals surface area contributed by atoms with Gasteiger partial charge in [0.05, 0.1) is 24.8 Å². The van der Waals surface area contributed by atoms with Crippen LogP contribution in [0.15, 0.2) is 36.5 Å². The van der Waals surface area contributed by atoms with Gasteiger partial charge in [-0.15, -0.1) is 12.4 Å². The number of halogens is 1. The molecule has 3 N–H and O–H groups in total. The van der Waals surface area contributed by atoms with Crippen molar-refractivity contribution >= 4 is 41.2 Å². The van der Waals surface area contributed by atoms with Crippen molar-refractivity contribution in [3.05, 3.63) is 47.8 Å². The lowest BCUT2D eigenvalue weighted by Crippen LogP contribution is -2.46. The van der Waals surface area contributed by atoms with Gasteiger partial charge in [-0.25, -0.2) is 4.98 Å². The van der Waals surface area contributed by atoms with E-state index in [0.717, 1.165) is 29.5 Å². The van der Waals surface area contributed by atoms with Crippen molar-refractivity contribution < 1.29 is 28.6 Å². The minimum Gasteiger partial charge on any atom is -0.493 e. The van der Waals surface area contributed by atoms with Crippen LogP contribution < -0.4 is 20.1 Å². The first kappa shape index (κ1) is 34.0. The van der Waals surface area contributed by atoms with E-state index in [-0.39, 0.29) is 49.9 Å². The molecule has 3 aromatic rings. The zero-order valence-electron chi connectivity index (χ0n) is 25.9. The second-order valence-electron chi connectivity index (χ2n) is 11.7. The quantitative estimate of drug-likeness (QED) is 0.331. The van der Waals surface area contributed by atoms with E-state index in [2.05, 4.69) is 30.7 Å². The van der Waals surface area contributed by atoms with Gasteiger partial charge in [-0.1, -0.05) is 18.9 Å². The molecular formula is C32H43ClN6O6. The van der Waals surface area contributed by atoms with Crippen LogP contribution in [0.2, 0.25) is 0 Å². The molecule has 1 aromatic carbocycles. The third-order valence-corrected chi connectivity index (χ3v) is 8.26. The zero-order valence-corrected chi connectivity index (χ0v) is 26.7. The fourth-order valence-corrected chi connectivity index (χ4v) is 5.81. The molecular weight excluding hydrogens is 600 g/mol. The summed E-state index contributed by atoms with van der Waals surface area (Å²) in [6, 6.07) is 9.31. The van der Waals surface area contributed by atoms with Crippen LogP contribution in [0.4, 0.5) is 0 Å². The van der Waals surface area contributed by atoms with Crippen LogP contribution in [-0.4, -0.2) is 84.4 Å². The van der Waals surface area contributed by atoms with E-state index in [1.807, 2.05) is 24.3 Å². The normalized spacial score (nSPS) is 20.5. The Kier molecular flexibility index (Phi) is 12.0. The third-order valence-electron chi connectivity index (χ3n) is 8.26. The average Bonchev–Trinajstić information content (AvgIpc) is 3.75. The summed E-state index contributed by atoms with van der Waals surface area (Å²) in [5.74, 6) is 0.625. The van der Waals surface area contributed by atoms with Crippen LogP contribution in [0, 0.1) is 11.3 Å². The van der Waals surface area contributed by atoms with E-state index < -0.39 is 5.41 Å². The standard InChI is InChI=1S/C32H42N6O6.ClH/c1-3-43-31(41)32(17-22-8-9-22)18-23-10-11-26(42-2)27(16-23)44-20-29(40)33-13-15-38(14-5-7-28(39)35-21-32)19-25-24-6-4-12-34-30(24)37-36-25;/h4,6,10-12,16,22H,3,5,7-9,13-15,17-21H2,1-2H3,(H,33,40)(H,35,39)(H,34,36,37);1H. The number of esters is 1. The van der Waals surface area contributed by atoms with E-state index in [0.29, 0.717) is 74.9 Å². The number of H-pyrrole nitrogens is 1. The van der Waals surface area contributed by atoms with E-state index >= 15 is 0 Å². The number of fused-ring (bicyclic) bond motifs is 3. The predicted octanol–water partition coefficient (Wildman–Crippen LogP) is 3.19. The monoisotopic (exact) mass is 642 g/mol. The molecule has 2 amide bonds. The van der Waals surface area contributed by atoms with Gasteiger partial charge in [0.2, 0.25) is 5.91 Å². The molecule has 2 aromatic heterocycles. The summed E-state index contributed by atoms with van der Waals surface area (Å²) in [5.41, 5.74) is 1.47. The van der Waals surface area contributed by atoms with Crippen molar-refractivity contribution in [2.45, 2.75) is 52.0 Å². The molecule has 0 radical (unpaired) electrons. The van der Waals surface area contributed by atoms with Crippen LogP contribution in [0.5, 0.6) is 11.5 Å². The van der Waals surface area contributed by atoms with Crippen LogP contribution in [0.3, 0.4) is 0 Å². The number of nitrogens with zero attached hydrogens (tertiary/aromatic N) is 3. The number of ether oxygens (including phenoxy) is 3. The first-order valence-electron chi connectivity index (χ1n) is 15.4. The van der Waals surface area contributed by atoms with Crippen molar-refractivity contribution in [1.29, 1.82) is 0 Å². The number of benzene rings is 1. The molecule has 1 aliphatic heterocycles. The van der Waals surface area contributed by atoms with Gasteiger partial charge in [-0.2, -0.15) is 5.10 Å². The topological polar surface area (TPSA) is 148 Å². The van der Waals surface area contributed by atoms with E-state index in [1.54, 1.807) is 26.3 Å². The average molecular weight is 643 g/mol. The van der Waals surface area contributed by atoms with Crippen molar-refractivity contribution in [2.75, 3.05) is 46.5 Å². The number of carbonyl (C=O) groups excluding carboxylic acids is 3. The van der Waals surface area contributed by atoms with E-state index in [9.17, 15) is 14.4 Å². The van der Waals surface area contributed by atoms with Gasteiger partial charge in [0, 0.05) is 44.2 Å². The van der Waals surface area contributed by atoms with Crippen LogP contribution >= 0.6 is 12.4 Å². The van der Waals surface area contributed by atoms with Crippen LogP contribution in [-0.2, 0) is 32.1 Å². The molecule has 1 unspecified atom stereocenters. The van der Waals surface area contributed by atoms with Gasteiger partial charge < -0.3 is 24.8 Å². The minimum absolute atomic E-state index is 0. The number of rotatable bonds is 7. The zero-order chi connectivity index (χ0) is 30.9. The number of hydrogen-bond donors (Lipinski definition) is 3. The third kappa shape index (κ3) is 9.07. The number of nitrogens with one attached hydrogen (secondary N) is 3. The highest BCUT2D eigenvalue weighted by molar-refractivity contribution is 5.85. The Morgan fingerprint density at radius 3 is 2.78 bits per heavy atom. The molecule has 2 bridgehead atoms. The molecule has 1 fully saturated rings. The Morgan fingerprint density at radius 2 is 2.00 bits per heavy atom. The molecule has 0 spiro atoms. The smallest absolute Gasteiger partial charge is 0.314 e. The summed E-state index contributed by atoms with van der Waals surface area (Å²) >= 11 is 0. The molecule has 1 saturated carbocycles. The highest BCUT2D eigenvalue weighted by Crippen LogP contribution is 2.43. The van der Waals surface area contributed by atoms with Crippen molar-refractivity contribution in [3.8, 4) is 11.5 Å². The highest BCUT2D eigenvalue weighted by atomic mass is 35.5. The maximum Gasteiger partial charge on any atom is 0.314 e. The molecule has 0 saturated heterocycles. The summed E-state index contributed by atoms with van der Waals surface area (Å²) in [5, 5.41) is 14.3. The lowest BCUT2D eigenvalue weighted by atomic mass is 9.76. The number of pyridine rings is 1. The second kappa shape index (κ2) is 15.9. The first-order valence-corrected chi connectivity index (χ1v) is 15.4. The predicted molar refractivity (Wildman–Crippen MR) is 170 cm³/mol. The fraction of sp³-hybridized carbons (Fsp3) is 0.531. The SMILES string of the molecule is CCOC(=O)C1(CC2CC2)CNC(=O)CCCN(Cc2[nH]nc3ncccc23)CCNC(=O)COc2cc(ccc2OC)C1.Cl. The Bertz CT molecular complexity index is 1460. The molecule has 1 atom stereocenters. The maximum absolute atomic E-state index is 13.6. The molecule has 244 valence electrons. The number of hydrogen-bond acceptors (Lipinski definition) is 9. The highest BCUT2D eigenvalue weighted by Gasteiger charge is 2.44. The fourth-order valence-electron chi connectivity index (χ4n) is 5.81. The van der Waals surface area contributed by atoms with Crippen LogP contribution in [0.1, 0.15) is 50.3 Å². The van der Waals surface area contributed by atoms with Gasteiger partial charge in [-0.3, -0.25) is 24.4 Å². The van der Waals surface area contributed by atoms with Crippen LogP contribution in [0.25, 0.3) is 11.0 Å². The molecule has 12 nitrogen and oxygen atoms in total. The lowest BCUT2D eigenvalue weighted by molar-refractivity contribution is -0.156. The number of aromatic nitrogens is 3. The Hall–Kier alpha value is -3.90. The summed E-state index contributed by atoms with van der Waals surface area (Å²) in [6.45, 7) is 4.17. The molecule has 2 aliphatic rings. The van der Waals surface area contributed by atoms with Gasteiger partial charge in [0.1, 0.15) is 0 Å². The lowest BCUT2D eigenvalue weighted by Gasteiger charge is -2.32. The van der Waals surface area contributed by atoms with Gasteiger partial charge in [0.15, 0.2) is 23.8 Å². The largest absolute Gasteiger partial charge is 0.493 e. The van der Waals surface area contributed by atoms with Gasteiger partial charge in [0.25, 0.3) is 5.91 Å². The first-order chi connectivity index (χ1) is 21.4. The van der Waals surface area contributed by atoms with Gasteiger partial charge in [-0.05, 0) is 68.5 Å². The second-order valence-corrected chi connectivity index (χ2v) is 11.7. The maximum atomic E-state index is 13.6. The summed E-state index contributed by atoms with van der Waals surface area (Å²) in [7, 11) is 1.54. The van der Waals surface area contributed by atoms with Crippen molar-refractivity contribution in [3.63, 3.8) is 0 Å². The minimum atomic E-state index is -0.927. The number of amides is 2. The molecule has 1 aliphatic carbocycles.